The van der Waals surface area contributed by atoms with Gasteiger partial charge in [0.05, 0.1) is 30.1 Å². The minimum atomic E-state index is -0.297. The van der Waals surface area contributed by atoms with Gasteiger partial charge in [0.2, 0.25) is 5.91 Å². The van der Waals surface area contributed by atoms with Gasteiger partial charge in [-0.1, -0.05) is 36.7 Å². The van der Waals surface area contributed by atoms with E-state index in [1.807, 2.05) is 25.1 Å². The predicted octanol–water partition coefficient (Wildman–Crippen LogP) is 7.14. The number of methoxy groups -OCH3 is 2. The van der Waals surface area contributed by atoms with Crippen molar-refractivity contribution in [3.05, 3.63) is 45.8 Å². The molecule has 0 spiro atoms. The SMILES string of the molecule is COCC(C)(C)C[C@H]1C[C@@H](c2onc([C@@H](CCC(=O)OC)CC(=O)Nc3ccc(C)cc3Cl)c2C2CC2)C1. The molecule has 2 aliphatic carbocycles. The van der Waals surface area contributed by atoms with Gasteiger partial charge < -0.3 is 19.3 Å². The van der Waals surface area contributed by atoms with E-state index in [2.05, 4.69) is 24.3 Å². The number of hydrogen-bond acceptors (Lipinski definition) is 6. The number of ether oxygens (including phenoxy) is 2. The summed E-state index contributed by atoms with van der Waals surface area (Å²) in [6, 6.07) is 5.54. The van der Waals surface area contributed by atoms with Gasteiger partial charge in [0.15, 0.2) is 0 Å². The van der Waals surface area contributed by atoms with E-state index >= 15 is 0 Å². The number of nitrogens with one attached hydrogen (secondary N) is 1. The van der Waals surface area contributed by atoms with E-state index < -0.39 is 0 Å². The van der Waals surface area contributed by atoms with Crippen molar-refractivity contribution in [3.63, 3.8) is 0 Å². The lowest BCUT2D eigenvalue weighted by Gasteiger charge is -2.39. The Morgan fingerprint density at radius 3 is 2.58 bits per heavy atom. The average Bonchev–Trinajstić information content (AvgIpc) is 3.58. The molecule has 2 aliphatic rings. The van der Waals surface area contributed by atoms with Gasteiger partial charge in [-0.2, -0.15) is 0 Å². The van der Waals surface area contributed by atoms with Gasteiger partial charge in [0.1, 0.15) is 5.76 Å². The maximum absolute atomic E-state index is 13.1. The van der Waals surface area contributed by atoms with Gasteiger partial charge in [0.25, 0.3) is 0 Å². The first kappa shape index (κ1) is 28.6. The number of aromatic nitrogens is 1. The maximum atomic E-state index is 13.1. The lowest BCUT2D eigenvalue weighted by Crippen LogP contribution is -2.30. The van der Waals surface area contributed by atoms with Crippen LogP contribution in [-0.4, -0.2) is 37.9 Å². The highest BCUT2D eigenvalue weighted by Crippen LogP contribution is 2.53. The zero-order valence-corrected chi connectivity index (χ0v) is 24.0. The third-order valence-electron chi connectivity index (χ3n) is 7.89. The smallest absolute Gasteiger partial charge is 0.305 e. The Morgan fingerprint density at radius 1 is 1.21 bits per heavy atom. The molecule has 1 N–H and O–H groups in total. The summed E-state index contributed by atoms with van der Waals surface area (Å²) in [6.07, 6.45) is 6.37. The Hall–Kier alpha value is -2.38. The van der Waals surface area contributed by atoms with Crippen molar-refractivity contribution in [2.75, 3.05) is 26.1 Å². The number of carbonyl (C=O) groups excluding carboxylic acids is 2. The van der Waals surface area contributed by atoms with Crippen LogP contribution < -0.4 is 5.32 Å². The molecule has 0 radical (unpaired) electrons. The third kappa shape index (κ3) is 7.17. The lowest BCUT2D eigenvalue weighted by atomic mass is 9.66. The Morgan fingerprint density at radius 2 is 1.95 bits per heavy atom. The molecular formula is C30H41ClN2O5. The summed E-state index contributed by atoms with van der Waals surface area (Å²) in [5.41, 5.74) is 3.77. The number of aryl methyl sites for hydroxylation is 1. The summed E-state index contributed by atoms with van der Waals surface area (Å²) in [4.78, 5) is 25.1. The largest absolute Gasteiger partial charge is 0.469 e. The average molecular weight is 545 g/mol. The first-order valence-corrected chi connectivity index (χ1v) is 14.1. The molecule has 2 saturated carbocycles. The highest BCUT2D eigenvalue weighted by Gasteiger charge is 2.42. The van der Waals surface area contributed by atoms with Crippen LogP contribution in [0.1, 0.15) is 106 Å². The summed E-state index contributed by atoms with van der Waals surface area (Å²) < 4.78 is 16.3. The first-order chi connectivity index (χ1) is 18.1. The molecule has 38 heavy (non-hydrogen) atoms. The van der Waals surface area contributed by atoms with Crippen molar-refractivity contribution < 1.29 is 23.6 Å². The predicted molar refractivity (Wildman–Crippen MR) is 148 cm³/mol. The number of amides is 1. The minimum Gasteiger partial charge on any atom is -0.469 e. The number of carbonyl (C=O) groups is 2. The molecule has 0 saturated heterocycles. The Labute approximate surface area is 231 Å². The highest BCUT2D eigenvalue weighted by molar-refractivity contribution is 6.33. The summed E-state index contributed by atoms with van der Waals surface area (Å²) in [5.74, 6) is 1.71. The van der Waals surface area contributed by atoms with Gasteiger partial charge in [-0.3, -0.25) is 9.59 Å². The molecule has 1 heterocycles. The number of halogens is 1. The van der Waals surface area contributed by atoms with E-state index in [0.29, 0.717) is 34.9 Å². The molecule has 8 heteroatoms. The van der Waals surface area contributed by atoms with Crippen LogP contribution in [-0.2, 0) is 19.1 Å². The number of rotatable bonds is 13. The zero-order valence-electron chi connectivity index (χ0n) is 23.3. The fourth-order valence-electron chi connectivity index (χ4n) is 5.92. The van der Waals surface area contributed by atoms with Crippen molar-refractivity contribution >= 4 is 29.2 Å². The van der Waals surface area contributed by atoms with Crippen LogP contribution >= 0.6 is 11.6 Å². The van der Waals surface area contributed by atoms with Crippen molar-refractivity contribution in [1.82, 2.24) is 5.16 Å². The van der Waals surface area contributed by atoms with E-state index in [4.69, 9.17) is 25.6 Å². The molecule has 1 aromatic carbocycles. The molecule has 1 atom stereocenters. The van der Waals surface area contributed by atoms with Crippen LogP contribution in [0.3, 0.4) is 0 Å². The van der Waals surface area contributed by atoms with E-state index in [9.17, 15) is 9.59 Å². The second-order valence-corrected chi connectivity index (χ2v) is 12.4. The van der Waals surface area contributed by atoms with E-state index in [1.54, 1.807) is 7.11 Å². The maximum Gasteiger partial charge on any atom is 0.305 e. The minimum absolute atomic E-state index is 0.156. The normalized spacial score (nSPS) is 20.1. The molecule has 4 rings (SSSR count). The first-order valence-electron chi connectivity index (χ1n) is 13.7. The highest BCUT2D eigenvalue weighted by atomic mass is 35.5. The summed E-state index contributed by atoms with van der Waals surface area (Å²) >= 11 is 6.34. The lowest BCUT2D eigenvalue weighted by molar-refractivity contribution is -0.141. The van der Waals surface area contributed by atoms with E-state index in [0.717, 1.165) is 55.7 Å². The summed E-state index contributed by atoms with van der Waals surface area (Å²) in [6.45, 7) is 7.22. The van der Waals surface area contributed by atoms with Crippen molar-refractivity contribution in [2.45, 2.75) is 89.9 Å². The van der Waals surface area contributed by atoms with Crippen molar-refractivity contribution in [2.24, 2.45) is 11.3 Å². The standard InChI is InChI=1S/C30H41ClN2O5/c1-18-6-10-24(23(31)12-18)32-25(34)15-21(9-11-26(35)37-5)28-27(20-7-8-20)29(38-33-28)22-13-19(14-22)16-30(2,3)17-36-4/h6,10,12,19-22H,7-9,11,13-17H2,1-5H3,(H,32,34)/t19-,21-,22+/m0/s1. The number of anilines is 1. The number of nitrogens with zero attached hydrogens (tertiary/aromatic N) is 1. The van der Waals surface area contributed by atoms with Crippen LogP contribution in [0.15, 0.2) is 22.7 Å². The van der Waals surface area contributed by atoms with E-state index in [-0.39, 0.29) is 36.1 Å². The van der Waals surface area contributed by atoms with E-state index in [1.165, 1.54) is 12.7 Å². The summed E-state index contributed by atoms with van der Waals surface area (Å²) in [7, 11) is 3.14. The molecule has 0 unspecified atom stereocenters. The molecule has 2 fully saturated rings. The van der Waals surface area contributed by atoms with Gasteiger partial charge in [0, 0.05) is 37.4 Å². The second-order valence-electron chi connectivity index (χ2n) is 12.0. The van der Waals surface area contributed by atoms with Crippen LogP contribution in [0.4, 0.5) is 5.69 Å². The molecule has 208 valence electrons. The van der Waals surface area contributed by atoms with Gasteiger partial charge >= 0.3 is 5.97 Å². The molecule has 1 amide bonds. The van der Waals surface area contributed by atoms with Crippen molar-refractivity contribution in [1.29, 1.82) is 0 Å². The topological polar surface area (TPSA) is 90.7 Å². The molecular weight excluding hydrogens is 504 g/mol. The molecule has 2 aromatic rings. The van der Waals surface area contributed by atoms with Gasteiger partial charge in [-0.15, -0.1) is 0 Å². The quantitative estimate of drug-likeness (QED) is 0.269. The zero-order chi connectivity index (χ0) is 27.4. The Balaban J connectivity index is 1.50. The molecule has 1 aromatic heterocycles. The van der Waals surface area contributed by atoms with Gasteiger partial charge in [-0.25, -0.2) is 0 Å². The molecule has 7 nitrogen and oxygen atoms in total. The second kappa shape index (κ2) is 12.2. The van der Waals surface area contributed by atoms with Crippen LogP contribution in [0.25, 0.3) is 0 Å². The number of hydrogen-bond donors (Lipinski definition) is 1. The monoisotopic (exact) mass is 544 g/mol. The fraction of sp³-hybridized carbons (Fsp3) is 0.633. The van der Waals surface area contributed by atoms with Crippen molar-refractivity contribution in [3.8, 4) is 0 Å². The number of esters is 1. The van der Waals surface area contributed by atoms with Crippen LogP contribution in [0.5, 0.6) is 0 Å². The number of benzene rings is 1. The molecule has 0 aliphatic heterocycles. The fourth-order valence-corrected chi connectivity index (χ4v) is 6.20. The van der Waals surface area contributed by atoms with Gasteiger partial charge in [-0.05, 0) is 80.4 Å². The molecule has 0 bridgehead atoms. The van der Waals surface area contributed by atoms with Crippen LogP contribution in [0, 0.1) is 18.3 Å². The summed E-state index contributed by atoms with van der Waals surface area (Å²) in [5, 5.41) is 7.99. The Kier molecular flexibility index (Phi) is 9.19. The third-order valence-corrected chi connectivity index (χ3v) is 8.21. The van der Waals surface area contributed by atoms with Crippen LogP contribution in [0.2, 0.25) is 5.02 Å². The Bertz CT molecular complexity index is 1130.